The molecule has 0 bridgehead atoms. The van der Waals surface area contributed by atoms with Crippen molar-refractivity contribution in [1.82, 2.24) is 19.7 Å². The van der Waals surface area contributed by atoms with Crippen molar-refractivity contribution in [3.05, 3.63) is 70.3 Å². The number of rotatable bonds is 9. The Morgan fingerprint density at radius 2 is 1.94 bits per heavy atom. The lowest BCUT2D eigenvalue weighted by Gasteiger charge is -2.15. The smallest absolute Gasteiger partial charge is 0.236 e. The molecule has 10 heteroatoms. The van der Waals surface area contributed by atoms with Crippen LogP contribution < -0.4 is 10.1 Å². The molecule has 0 aliphatic heterocycles. The fraction of sp³-hybridized carbons (Fsp3) is 0.217. The van der Waals surface area contributed by atoms with Crippen LogP contribution in [-0.2, 0) is 11.3 Å². The maximum atomic E-state index is 12.5. The van der Waals surface area contributed by atoms with Gasteiger partial charge in [-0.25, -0.2) is 4.98 Å². The molecule has 33 heavy (non-hydrogen) atoms. The number of aromatic nitrogens is 4. The van der Waals surface area contributed by atoms with Gasteiger partial charge in [-0.15, -0.1) is 21.5 Å². The van der Waals surface area contributed by atoms with Crippen molar-refractivity contribution in [3.63, 3.8) is 0 Å². The van der Waals surface area contributed by atoms with E-state index in [1.165, 1.54) is 23.1 Å². The van der Waals surface area contributed by atoms with Crippen LogP contribution in [0.3, 0.4) is 0 Å². The molecule has 0 aliphatic carbocycles. The SMILES string of the molecule is CCn1c(SCC(=O)Nc2nc(-c3ccccc3)cs2)nnc1C(C)Oc1ccc(Br)cc1. The topological polar surface area (TPSA) is 81.9 Å². The van der Waals surface area contributed by atoms with Crippen molar-refractivity contribution >= 4 is 50.1 Å². The van der Waals surface area contributed by atoms with Crippen LogP contribution in [0.5, 0.6) is 5.75 Å². The van der Waals surface area contributed by atoms with Gasteiger partial charge in [-0.3, -0.25) is 4.79 Å². The fourth-order valence-electron chi connectivity index (χ4n) is 3.13. The molecule has 4 rings (SSSR count). The van der Waals surface area contributed by atoms with E-state index in [9.17, 15) is 4.79 Å². The quantitative estimate of drug-likeness (QED) is 0.258. The van der Waals surface area contributed by atoms with Crippen molar-refractivity contribution in [2.45, 2.75) is 31.7 Å². The molecular formula is C23H22BrN5O2S2. The second-order valence-electron chi connectivity index (χ2n) is 7.04. The molecular weight excluding hydrogens is 522 g/mol. The summed E-state index contributed by atoms with van der Waals surface area (Å²) in [6.07, 6.45) is -0.284. The Kier molecular flexibility index (Phi) is 7.79. The van der Waals surface area contributed by atoms with Gasteiger partial charge in [0.05, 0.1) is 11.4 Å². The number of amides is 1. The van der Waals surface area contributed by atoms with E-state index < -0.39 is 0 Å². The Bertz CT molecular complexity index is 1210. The molecule has 0 saturated heterocycles. The van der Waals surface area contributed by atoms with E-state index >= 15 is 0 Å². The molecule has 1 N–H and O–H groups in total. The molecule has 2 heterocycles. The Labute approximate surface area is 208 Å². The van der Waals surface area contributed by atoms with Crippen LogP contribution in [0.1, 0.15) is 25.8 Å². The van der Waals surface area contributed by atoms with Crippen LogP contribution >= 0.6 is 39.0 Å². The molecule has 170 valence electrons. The molecule has 0 spiro atoms. The zero-order valence-corrected chi connectivity index (χ0v) is 21.3. The van der Waals surface area contributed by atoms with E-state index in [0.717, 1.165) is 27.3 Å². The van der Waals surface area contributed by atoms with E-state index in [0.29, 0.717) is 16.8 Å². The van der Waals surface area contributed by atoms with Crippen molar-refractivity contribution in [3.8, 4) is 17.0 Å². The Hall–Kier alpha value is -2.69. The minimum Gasteiger partial charge on any atom is -0.483 e. The average molecular weight is 545 g/mol. The first kappa shape index (κ1) is 23.5. The fourth-order valence-corrected chi connectivity index (χ4v) is 4.94. The van der Waals surface area contributed by atoms with Crippen molar-refractivity contribution in [2.75, 3.05) is 11.1 Å². The zero-order chi connectivity index (χ0) is 23.2. The Balaban J connectivity index is 1.35. The number of anilines is 1. The monoisotopic (exact) mass is 543 g/mol. The largest absolute Gasteiger partial charge is 0.483 e. The van der Waals surface area contributed by atoms with Gasteiger partial charge in [0.2, 0.25) is 5.91 Å². The molecule has 0 aliphatic rings. The third-order valence-corrected chi connectivity index (χ3v) is 6.96. The molecule has 2 aromatic heterocycles. The third kappa shape index (κ3) is 6.01. The molecule has 2 aromatic carbocycles. The minimum atomic E-state index is -0.284. The number of thiazole rings is 1. The molecule has 1 unspecified atom stereocenters. The first-order valence-corrected chi connectivity index (χ1v) is 13.0. The number of benzene rings is 2. The summed E-state index contributed by atoms with van der Waals surface area (Å²) in [6.45, 7) is 4.63. The lowest BCUT2D eigenvalue weighted by Crippen LogP contribution is -2.15. The van der Waals surface area contributed by atoms with E-state index in [-0.39, 0.29) is 17.8 Å². The predicted molar refractivity (Wildman–Crippen MR) is 136 cm³/mol. The normalized spacial score (nSPS) is 11.8. The van der Waals surface area contributed by atoms with Crippen LogP contribution in [0.2, 0.25) is 0 Å². The van der Waals surface area contributed by atoms with Crippen LogP contribution in [0.4, 0.5) is 5.13 Å². The molecule has 7 nitrogen and oxygen atoms in total. The summed E-state index contributed by atoms with van der Waals surface area (Å²) in [5, 5.41) is 14.7. The number of carbonyl (C=O) groups excluding carboxylic acids is 1. The van der Waals surface area contributed by atoms with Crippen molar-refractivity contribution in [1.29, 1.82) is 0 Å². The van der Waals surface area contributed by atoms with Gasteiger partial charge in [0, 0.05) is 22.0 Å². The number of carbonyl (C=O) groups is 1. The van der Waals surface area contributed by atoms with Gasteiger partial charge >= 0.3 is 0 Å². The molecule has 4 aromatic rings. The standard InChI is InChI=1S/C23H22BrN5O2S2/c1-3-29-21(15(2)31-18-11-9-17(24)10-12-18)27-28-23(29)33-14-20(30)26-22-25-19(13-32-22)16-7-5-4-6-8-16/h4-13,15H,3,14H2,1-2H3,(H,25,26,30). The lowest BCUT2D eigenvalue weighted by atomic mass is 10.2. The maximum absolute atomic E-state index is 12.5. The Morgan fingerprint density at radius 3 is 2.67 bits per heavy atom. The molecule has 0 saturated carbocycles. The highest BCUT2D eigenvalue weighted by Crippen LogP contribution is 2.27. The van der Waals surface area contributed by atoms with Gasteiger partial charge in [-0.1, -0.05) is 58.0 Å². The second kappa shape index (κ2) is 11.0. The summed E-state index contributed by atoms with van der Waals surface area (Å²) >= 11 is 6.17. The van der Waals surface area contributed by atoms with Crippen LogP contribution in [0, 0.1) is 0 Å². The van der Waals surface area contributed by atoms with Crippen molar-refractivity contribution in [2.24, 2.45) is 0 Å². The van der Waals surface area contributed by atoms with E-state index in [2.05, 4.69) is 36.4 Å². The van der Waals surface area contributed by atoms with Gasteiger partial charge in [-0.2, -0.15) is 0 Å². The van der Waals surface area contributed by atoms with Crippen LogP contribution in [0.15, 0.2) is 69.6 Å². The first-order chi connectivity index (χ1) is 16.0. The Morgan fingerprint density at radius 1 is 1.18 bits per heavy atom. The maximum Gasteiger partial charge on any atom is 0.236 e. The van der Waals surface area contributed by atoms with Gasteiger partial charge < -0.3 is 14.6 Å². The molecule has 1 amide bonds. The van der Waals surface area contributed by atoms with Crippen molar-refractivity contribution < 1.29 is 9.53 Å². The van der Waals surface area contributed by atoms with Crippen LogP contribution in [-0.4, -0.2) is 31.4 Å². The summed E-state index contributed by atoms with van der Waals surface area (Å²) in [5.74, 6) is 1.54. The number of ether oxygens (including phenoxy) is 1. The molecule has 0 fully saturated rings. The number of thioether (sulfide) groups is 1. The van der Waals surface area contributed by atoms with E-state index in [4.69, 9.17) is 4.74 Å². The van der Waals surface area contributed by atoms with Gasteiger partial charge in [0.1, 0.15) is 5.75 Å². The van der Waals surface area contributed by atoms with E-state index in [1.54, 1.807) is 0 Å². The highest BCUT2D eigenvalue weighted by atomic mass is 79.9. The molecule has 1 atom stereocenters. The third-order valence-electron chi connectivity index (χ3n) is 4.70. The average Bonchev–Trinajstić information content (AvgIpc) is 3.46. The number of nitrogens with zero attached hydrogens (tertiary/aromatic N) is 4. The number of nitrogens with one attached hydrogen (secondary N) is 1. The number of halogens is 1. The number of hydrogen-bond donors (Lipinski definition) is 1. The number of hydrogen-bond acceptors (Lipinski definition) is 7. The summed E-state index contributed by atoms with van der Waals surface area (Å²) in [6, 6.07) is 17.5. The minimum absolute atomic E-state index is 0.139. The first-order valence-electron chi connectivity index (χ1n) is 10.3. The molecule has 0 radical (unpaired) electrons. The summed E-state index contributed by atoms with van der Waals surface area (Å²) in [5.41, 5.74) is 1.87. The van der Waals surface area contributed by atoms with Gasteiger partial charge in [0.25, 0.3) is 0 Å². The second-order valence-corrected chi connectivity index (χ2v) is 9.76. The zero-order valence-electron chi connectivity index (χ0n) is 18.1. The van der Waals surface area contributed by atoms with Gasteiger partial charge in [0.15, 0.2) is 22.2 Å². The highest BCUT2D eigenvalue weighted by molar-refractivity contribution is 9.10. The van der Waals surface area contributed by atoms with Crippen LogP contribution in [0.25, 0.3) is 11.3 Å². The lowest BCUT2D eigenvalue weighted by molar-refractivity contribution is -0.113. The van der Waals surface area contributed by atoms with Gasteiger partial charge in [-0.05, 0) is 38.1 Å². The summed E-state index contributed by atoms with van der Waals surface area (Å²) < 4.78 is 8.98. The van der Waals surface area contributed by atoms with E-state index in [1.807, 2.05) is 78.4 Å². The highest BCUT2D eigenvalue weighted by Gasteiger charge is 2.19. The summed E-state index contributed by atoms with van der Waals surface area (Å²) in [4.78, 5) is 17.0. The summed E-state index contributed by atoms with van der Waals surface area (Å²) in [7, 11) is 0. The predicted octanol–water partition coefficient (Wildman–Crippen LogP) is 6.05.